The largest absolute Gasteiger partial charge is 0.497 e. The Balaban J connectivity index is 1.55. The predicted octanol–water partition coefficient (Wildman–Crippen LogP) is 4.28. The van der Waals surface area contributed by atoms with E-state index in [1.165, 1.54) is 0 Å². The fraction of sp³-hybridized carbons (Fsp3) is 0.286. The molecule has 4 heterocycles. The number of thioether (sulfide) groups is 1. The molecule has 0 radical (unpaired) electrons. The molecule has 4 aliphatic rings. The lowest BCUT2D eigenvalue weighted by Gasteiger charge is -2.48. The van der Waals surface area contributed by atoms with Crippen LogP contribution in [-0.2, 0) is 10.3 Å². The van der Waals surface area contributed by atoms with Gasteiger partial charge in [0, 0.05) is 34.8 Å². The number of ketones is 1. The van der Waals surface area contributed by atoms with Gasteiger partial charge in [0.1, 0.15) is 29.1 Å². The van der Waals surface area contributed by atoms with E-state index in [0.717, 1.165) is 28.3 Å². The van der Waals surface area contributed by atoms with E-state index in [2.05, 4.69) is 10.2 Å². The van der Waals surface area contributed by atoms with E-state index in [-0.39, 0.29) is 30.3 Å². The number of para-hydroxylation sites is 2. The van der Waals surface area contributed by atoms with Crippen LogP contribution in [0.3, 0.4) is 0 Å². The normalized spacial score (nSPS) is 30.7. The smallest absolute Gasteiger partial charge is 0.250 e. The Kier molecular flexibility index (Phi) is 4.42. The molecule has 0 unspecified atom stereocenters. The highest BCUT2D eigenvalue weighted by Crippen LogP contribution is 2.68. The van der Waals surface area contributed by atoms with Crippen LogP contribution in [0.4, 0.5) is 5.69 Å². The maximum Gasteiger partial charge on any atom is 0.250 e. The molecule has 35 heavy (non-hydrogen) atoms. The summed E-state index contributed by atoms with van der Waals surface area (Å²) in [7, 11) is 1.64. The van der Waals surface area contributed by atoms with Gasteiger partial charge < -0.3 is 14.8 Å². The number of methoxy groups -OCH3 is 1. The maximum atomic E-state index is 14.8. The second-order valence-corrected chi connectivity index (χ2v) is 10.6. The van der Waals surface area contributed by atoms with Crippen LogP contribution in [0.25, 0.3) is 0 Å². The van der Waals surface area contributed by atoms with Gasteiger partial charge in [0.05, 0.1) is 12.7 Å². The second kappa shape index (κ2) is 7.35. The Labute approximate surface area is 207 Å². The van der Waals surface area contributed by atoms with Crippen molar-refractivity contribution in [1.82, 2.24) is 4.90 Å². The number of anilines is 1. The fourth-order valence-corrected chi connectivity index (χ4v) is 8.26. The third-order valence-electron chi connectivity index (χ3n) is 8.27. The number of ether oxygens (including phenoxy) is 2. The molecule has 0 aromatic heterocycles. The lowest BCUT2D eigenvalue weighted by Crippen LogP contribution is -2.62. The van der Waals surface area contributed by atoms with Crippen molar-refractivity contribution in [3.8, 4) is 11.5 Å². The number of hydrogen-bond acceptors (Lipinski definition) is 6. The summed E-state index contributed by atoms with van der Waals surface area (Å²) in [6.07, 6.45) is 0. The van der Waals surface area contributed by atoms with Crippen molar-refractivity contribution < 1.29 is 19.1 Å². The molecule has 2 spiro atoms. The first-order valence-corrected chi connectivity index (χ1v) is 12.9. The average molecular weight is 485 g/mol. The SMILES string of the molecule is COc1ccc([C@H]2[C@@H]3CSCN3[C@@]3(C(=O)Nc4ccccc43)[C@@]23COc2ccccc2C3=O)cc1. The molecule has 6 nitrogen and oxygen atoms in total. The van der Waals surface area contributed by atoms with Crippen LogP contribution in [0.5, 0.6) is 11.5 Å². The third-order valence-corrected chi connectivity index (χ3v) is 9.31. The molecule has 7 rings (SSSR count). The quantitative estimate of drug-likeness (QED) is 0.586. The van der Waals surface area contributed by atoms with Crippen molar-refractivity contribution in [2.24, 2.45) is 5.41 Å². The van der Waals surface area contributed by atoms with E-state index in [1.807, 2.05) is 84.6 Å². The number of fused-ring (bicyclic) bond motifs is 6. The van der Waals surface area contributed by atoms with Crippen molar-refractivity contribution in [1.29, 1.82) is 0 Å². The molecule has 0 saturated carbocycles. The Bertz CT molecular complexity index is 1380. The van der Waals surface area contributed by atoms with Crippen molar-refractivity contribution in [3.05, 3.63) is 89.5 Å². The van der Waals surface area contributed by atoms with Crippen LogP contribution in [0.2, 0.25) is 0 Å². The zero-order valence-electron chi connectivity index (χ0n) is 19.2. The number of rotatable bonds is 2. The topological polar surface area (TPSA) is 67.9 Å². The maximum absolute atomic E-state index is 14.8. The zero-order valence-corrected chi connectivity index (χ0v) is 20.0. The monoisotopic (exact) mass is 484 g/mol. The molecule has 4 atom stereocenters. The van der Waals surface area contributed by atoms with Gasteiger partial charge in [-0.15, -0.1) is 11.8 Å². The summed E-state index contributed by atoms with van der Waals surface area (Å²) in [6.45, 7) is 0.138. The summed E-state index contributed by atoms with van der Waals surface area (Å²) in [4.78, 5) is 31.3. The summed E-state index contributed by atoms with van der Waals surface area (Å²) in [5.74, 6) is 2.46. The Morgan fingerprint density at radius 3 is 2.63 bits per heavy atom. The average Bonchev–Trinajstić information content (AvgIpc) is 3.54. The first-order chi connectivity index (χ1) is 17.1. The highest BCUT2D eigenvalue weighted by Gasteiger charge is 2.79. The summed E-state index contributed by atoms with van der Waals surface area (Å²) >= 11 is 1.81. The van der Waals surface area contributed by atoms with Crippen LogP contribution >= 0.6 is 11.8 Å². The standard InChI is InChI=1S/C28H24N2O4S/c1-33-18-12-10-17(11-13-18)24-22-14-35-16-30(22)28(20-7-3-4-8-21(20)29-26(28)32)27(24)15-34-23-9-5-2-6-19(23)25(27)31/h2-13,22,24H,14-16H2,1H3,(H,29,32)/t22-,24-,27-,28-/m0/s1. The van der Waals surface area contributed by atoms with Crippen molar-refractivity contribution in [2.75, 3.05) is 30.7 Å². The van der Waals surface area contributed by atoms with E-state index < -0.39 is 11.0 Å². The fourth-order valence-electron chi connectivity index (χ4n) is 6.95. The Morgan fingerprint density at radius 2 is 1.80 bits per heavy atom. The van der Waals surface area contributed by atoms with Gasteiger partial charge in [-0.2, -0.15) is 0 Å². The first kappa shape index (κ1) is 21.0. The number of hydrogen-bond donors (Lipinski definition) is 1. The number of amides is 1. The van der Waals surface area contributed by atoms with Gasteiger partial charge in [-0.25, -0.2) is 0 Å². The third kappa shape index (κ3) is 2.45. The zero-order chi connectivity index (χ0) is 23.8. The van der Waals surface area contributed by atoms with E-state index in [4.69, 9.17) is 9.47 Å². The molecule has 2 fully saturated rings. The van der Waals surface area contributed by atoms with E-state index in [9.17, 15) is 9.59 Å². The first-order valence-electron chi connectivity index (χ1n) is 11.8. The lowest BCUT2D eigenvalue weighted by molar-refractivity contribution is -0.132. The second-order valence-electron chi connectivity index (χ2n) is 9.58. The van der Waals surface area contributed by atoms with Crippen molar-refractivity contribution in [3.63, 3.8) is 0 Å². The molecule has 0 aliphatic carbocycles. The number of benzene rings is 3. The number of carbonyl (C=O) groups is 2. The van der Waals surface area contributed by atoms with E-state index in [0.29, 0.717) is 17.2 Å². The highest BCUT2D eigenvalue weighted by atomic mass is 32.2. The van der Waals surface area contributed by atoms with Crippen LogP contribution < -0.4 is 14.8 Å². The lowest BCUT2D eigenvalue weighted by atomic mass is 9.56. The van der Waals surface area contributed by atoms with Gasteiger partial charge in [0.25, 0.3) is 5.91 Å². The highest BCUT2D eigenvalue weighted by molar-refractivity contribution is 7.99. The molecule has 3 aromatic rings. The number of nitrogens with one attached hydrogen (secondary N) is 1. The van der Waals surface area contributed by atoms with E-state index >= 15 is 0 Å². The summed E-state index contributed by atoms with van der Waals surface area (Å²) in [5.41, 5.74) is 0.918. The van der Waals surface area contributed by atoms with Gasteiger partial charge in [-0.05, 0) is 35.9 Å². The van der Waals surface area contributed by atoms with Gasteiger partial charge >= 0.3 is 0 Å². The van der Waals surface area contributed by atoms with Crippen LogP contribution in [0, 0.1) is 5.41 Å². The Hall–Kier alpha value is -3.29. The molecule has 4 aliphatic heterocycles. The number of carbonyl (C=O) groups excluding carboxylic acids is 2. The van der Waals surface area contributed by atoms with E-state index in [1.54, 1.807) is 7.11 Å². The molecule has 1 N–H and O–H groups in total. The minimum Gasteiger partial charge on any atom is -0.497 e. The minimum absolute atomic E-state index is 0.00288. The van der Waals surface area contributed by atoms with Crippen LogP contribution in [0.15, 0.2) is 72.8 Å². The van der Waals surface area contributed by atoms with Gasteiger partial charge in [0.15, 0.2) is 5.78 Å². The Morgan fingerprint density at radius 1 is 1.03 bits per heavy atom. The molecular weight excluding hydrogens is 460 g/mol. The molecule has 7 heteroatoms. The molecule has 3 aromatic carbocycles. The minimum atomic E-state index is -1.16. The van der Waals surface area contributed by atoms with Crippen LogP contribution in [-0.4, -0.2) is 48.0 Å². The van der Waals surface area contributed by atoms with Crippen molar-refractivity contribution >= 4 is 29.1 Å². The summed E-state index contributed by atoms with van der Waals surface area (Å²) in [5, 5.41) is 3.13. The summed E-state index contributed by atoms with van der Waals surface area (Å²) < 4.78 is 11.8. The van der Waals surface area contributed by atoms with Gasteiger partial charge in [-0.3, -0.25) is 14.5 Å². The molecular formula is C28H24N2O4S. The molecule has 0 bridgehead atoms. The number of Topliss-reactive ketones (excluding diaryl/α,β-unsaturated/α-hetero) is 1. The van der Waals surface area contributed by atoms with Crippen molar-refractivity contribution in [2.45, 2.75) is 17.5 Å². The van der Waals surface area contributed by atoms with Crippen LogP contribution in [0.1, 0.15) is 27.4 Å². The van der Waals surface area contributed by atoms with Gasteiger partial charge in [-0.1, -0.05) is 42.5 Å². The van der Waals surface area contributed by atoms with Gasteiger partial charge in [0.2, 0.25) is 0 Å². The predicted molar refractivity (Wildman–Crippen MR) is 134 cm³/mol. The molecule has 176 valence electrons. The number of nitrogens with zero attached hydrogens (tertiary/aromatic N) is 1. The summed E-state index contributed by atoms with van der Waals surface area (Å²) in [6, 6.07) is 23.2. The molecule has 2 saturated heterocycles. The molecule has 1 amide bonds.